The monoisotopic (exact) mass is 475 g/mol. The number of ketones is 1. The summed E-state index contributed by atoms with van der Waals surface area (Å²) in [5.41, 5.74) is 2.10. The van der Waals surface area contributed by atoms with E-state index in [-0.39, 0.29) is 12.4 Å². The van der Waals surface area contributed by atoms with Crippen LogP contribution in [0.1, 0.15) is 21.5 Å². The SMILES string of the molecule is O=C(COC(=O)COc1ccc(C(=O)c2ccccc2)cc1)NCCc1ccc2c(c1)OCCO2. The average Bonchev–Trinajstić information content (AvgIpc) is 2.91. The largest absolute Gasteiger partial charge is 0.486 e. The van der Waals surface area contributed by atoms with E-state index >= 15 is 0 Å². The molecule has 0 aromatic heterocycles. The first-order valence-electron chi connectivity index (χ1n) is 11.2. The van der Waals surface area contributed by atoms with Crippen LogP contribution in [0.2, 0.25) is 0 Å². The lowest BCUT2D eigenvalue weighted by molar-refractivity contribution is -0.150. The summed E-state index contributed by atoms with van der Waals surface area (Å²) in [6, 6.07) is 21.1. The molecule has 1 aliphatic heterocycles. The molecule has 8 heteroatoms. The predicted molar refractivity (Wildman–Crippen MR) is 127 cm³/mol. The van der Waals surface area contributed by atoms with Gasteiger partial charge < -0.3 is 24.3 Å². The van der Waals surface area contributed by atoms with Crippen molar-refractivity contribution >= 4 is 17.7 Å². The summed E-state index contributed by atoms with van der Waals surface area (Å²) >= 11 is 0. The van der Waals surface area contributed by atoms with E-state index < -0.39 is 18.5 Å². The molecule has 0 spiro atoms. The highest BCUT2D eigenvalue weighted by atomic mass is 16.6. The van der Waals surface area contributed by atoms with Crippen molar-refractivity contribution in [3.05, 3.63) is 89.5 Å². The van der Waals surface area contributed by atoms with Crippen molar-refractivity contribution in [2.45, 2.75) is 6.42 Å². The number of carbonyl (C=O) groups is 3. The van der Waals surface area contributed by atoms with Crippen molar-refractivity contribution in [3.63, 3.8) is 0 Å². The molecule has 1 N–H and O–H groups in total. The van der Waals surface area contributed by atoms with Gasteiger partial charge in [-0.05, 0) is 48.4 Å². The quantitative estimate of drug-likeness (QED) is 0.355. The number of nitrogens with one attached hydrogen (secondary N) is 1. The van der Waals surface area contributed by atoms with Crippen molar-refractivity contribution in [1.82, 2.24) is 5.32 Å². The van der Waals surface area contributed by atoms with Crippen LogP contribution in [0.15, 0.2) is 72.8 Å². The Morgan fingerprint density at radius 2 is 1.51 bits per heavy atom. The van der Waals surface area contributed by atoms with Gasteiger partial charge in [0, 0.05) is 17.7 Å². The van der Waals surface area contributed by atoms with Gasteiger partial charge in [0.25, 0.3) is 5.91 Å². The molecule has 1 heterocycles. The maximum atomic E-state index is 12.4. The second kappa shape index (κ2) is 11.7. The minimum atomic E-state index is -0.670. The van der Waals surface area contributed by atoms with E-state index in [1.165, 1.54) is 0 Å². The van der Waals surface area contributed by atoms with Gasteiger partial charge in [0.15, 0.2) is 30.5 Å². The molecule has 180 valence electrons. The van der Waals surface area contributed by atoms with Gasteiger partial charge >= 0.3 is 5.97 Å². The Balaban J connectivity index is 1.13. The number of amides is 1. The molecule has 1 aliphatic rings. The van der Waals surface area contributed by atoms with Gasteiger partial charge in [-0.15, -0.1) is 0 Å². The van der Waals surface area contributed by atoms with E-state index in [4.69, 9.17) is 18.9 Å². The van der Waals surface area contributed by atoms with Gasteiger partial charge in [-0.1, -0.05) is 36.4 Å². The third kappa shape index (κ3) is 6.83. The topological polar surface area (TPSA) is 100 Å². The highest BCUT2D eigenvalue weighted by molar-refractivity contribution is 6.09. The number of ether oxygens (including phenoxy) is 4. The van der Waals surface area contributed by atoms with Gasteiger partial charge in [-0.2, -0.15) is 0 Å². The smallest absolute Gasteiger partial charge is 0.344 e. The second-order valence-electron chi connectivity index (χ2n) is 7.75. The maximum Gasteiger partial charge on any atom is 0.344 e. The molecule has 0 atom stereocenters. The van der Waals surface area contributed by atoms with E-state index in [2.05, 4.69) is 5.32 Å². The minimum Gasteiger partial charge on any atom is -0.486 e. The summed E-state index contributed by atoms with van der Waals surface area (Å²) < 4.78 is 21.4. The van der Waals surface area contributed by atoms with Crippen molar-refractivity contribution in [3.8, 4) is 17.2 Å². The first kappa shape index (κ1) is 23.8. The number of esters is 1. The van der Waals surface area contributed by atoms with Crippen LogP contribution >= 0.6 is 0 Å². The first-order valence-corrected chi connectivity index (χ1v) is 11.2. The third-order valence-corrected chi connectivity index (χ3v) is 5.22. The Labute approximate surface area is 202 Å². The molecule has 35 heavy (non-hydrogen) atoms. The highest BCUT2D eigenvalue weighted by Gasteiger charge is 2.13. The molecule has 4 rings (SSSR count). The van der Waals surface area contributed by atoms with Crippen LogP contribution in [-0.2, 0) is 20.7 Å². The summed E-state index contributed by atoms with van der Waals surface area (Å²) in [6.07, 6.45) is 0.599. The van der Waals surface area contributed by atoms with Crippen LogP contribution in [0.25, 0.3) is 0 Å². The Hall–Kier alpha value is -4.33. The molecule has 8 nitrogen and oxygen atoms in total. The lowest BCUT2D eigenvalue weighted by Gasteiger charge is -2.18. The molecule has 0 fully saturated rings. The van der Waals surface area contributed by atoms with E-state index in [0.717, 1.165) is 11.3 Å². The number of fused-ring (bicyclic) bond motifs is 1. The van der Waals surface area contributed by atoms with Crippen LogP contribution in [0.4, 0.5) is 0 Å². The Kier molecular flexibility index (Phi) is 7.96. The molecule has 0 saturated carbocycles. The van der Waals surface area contributed by atoms with Gasteiger partial charge in [0.2, 0.25) is 0 Å². The number of carbonyl (C=O) groups excluding carboxylic acids is 3. The summed E-state index contributed by atoms with van der Waals surface area (Å²) in [5.74, 6) is 0.657. The molecular weight excluding hydrogens is 450 g/mol. The van der Waals surface area contributed by atoms with Crippen LogP contribution in [0.5, 0.6) is 17.2 Å². The fourth-order valence-corrected chi connectivity index (χ4v) is 3.43. The summed E-state index contributed by atoms with van der Waals surface area (Å²) in [4.78, 5) is 36.3. The molecule has 1 amide bonds. The molecule has 3 aromatic rings. The maximum absolute atomic E-state index is 12.4. The van der Waals surface area contributed by atoms with Gasteiger partial charge in [-0.25, -0.2) is 4.79 Å². The van der Waals surface area contributed by atoms with Crippen molar-refractivity contribution in [2.24, 2.45) is 0 Å². The Morgan fingerprint density at radius 1 is 0.800 bits per heavy atom. The third-order valence-electron chi connectivity index (χ3n) is 5.22. The van der Waals surface area contributed by atoms with Crippen molar-refractivity contribution in [1.29, 1.82) is 0 Å². The lowest BCUT2D eigenvalue weighted by atomic mass is 10.0. The number of hydrogen-bond acceptors (Lipinski definition) is 7. The Morgan fingerprint density at radius 3 is 2.29 bits per heavy atom. The summed E-state index contributed by atoms with van der Waals surface area (Å²) in [5, 5.41) is 2.71. The van der Waals surface area contributed by atoms with Gasteiger partial charge in [-0.3, -0.25) is 9.59 Å². The Bertz CT molecular complexity index is 1180. The minimum absolute atomic E-state index is 0.100. The molecule has 0 aliphatic carbocycles. The second-order valence-corrected chi connectivity index (χ2v) is 7.75. The fraction of sp³-hybridized carbons (Fsp3) is 0.222. The summed E-state index contributed by atoms with van der Waals surface area (Å²) in [6.45, 7) is 0.695. The predicted octanol–water partition coefficient (Wildman–Crippen LogP) is 2.97. The molecule has 0 bridgehead atoms. The average molecular weight is 475 g/mol. The number of hydrogen-bond donors (Lipinski definition) is 1. The van der Waals surface area contributed by atoms with Crippen LogP contribution in [-0.4, -0.2) is 50.6 Å². The molecule has 0 unspecified atom stereocenters. The van der Waals surface area contributed by atoms with E-state index in [1.54, 1.807) is 48.5 Å². The molecule has 3 aromatic carbocycles. The van der Waals surface area contributed by atoms with Crippen molar-refractivity contribution < 1.29 is 33.3 Å². The number of rotatable bonds is 10. The van der Waals surface area contributed by atoms with Crippen molar-refractivity contribution in [2.75, 3.05) is 33.0 Å². The van der Waals surface area contributed by atoms with E-state index in [9.17, 15) is 14.4 Å². The van der Waals surface area contributed by atoms with Crippen LogP contribution in [0, 0.1) is 0 Å². The molecular formula is C27H25NO7. The zero-order valence-corrected chi connectivity index (χ0v) is 19.0. The summed E-state index contributed by atoms with van der Waals surface area (Å²) in [7, 11) is 0. The normalized spacial score (nSPS) is 11.9. The number of benzene rings is 3. The zero-order chi connectivity index (χ0) is 24.5. The highest BCUT2D eigenvalue weighted by Crippen LogP contribution is 2.30. The van der Waals surface area contributed by atoms with Gasteiger partial charge in [0.05, 0.1) is 0 Å². The fourth-order valence-electron chi connectivity index (χ4n) is 3.43. The van der Waals surface area contributed by atoms with E-state index in [1.807, 2.05) is 24.3 Å². The van der Waals surface area contributed by atoms with Crippen LogP contribution < -0.4 is 19.5 Å². The molecule has 0 saturated heterocycles. The van der Waals surface area contributed by atoms with E-state index in [0.29, 0.717) is 48.8 Å². The first-order chi connectivity index (χ1) is 17.1. The van der Waals surface area contributed by atoms with Crippen LogP contribution in [0.3, 0.4) is 0 Å². The van der Waals surface area contributed by atoms with Gasteiger partial charge in [0.1, 0.15) is 19.0 Å². The lowest BCUT2D eigenvalue weighted by Crippen LogP contribution is -2.31. The standard InChI is InChI=1S/C27H25NO7/c29-25(28-13-12-19-6-11-23-24(16-19)33-15-14-32-23)17-35-26(30)18-34-22-9-7-21(8-10-22)27(31)20-4-2-1-3-5-20/h1-11,16H,12-15,17-18H2,(H,28,29). The molecule has 0 radical (unpaired) electrons. The zero-order valence-electron chi connectivity index (χ0n) is 19.0.